The topological polar surface area (TPSA) is 52.6 Å². The summed E-state index contributed by atoms with van der Waals surface area (Å²) in [5.74, 6) is 0.120. The summed E-state index contributed by atoms with van der Waals surface area (Å²) in [6.07, 6.45) is 6.82. The van der Waals surface area contributed by atoms with Gasteiger partial charge in [0, 0.05) is 19.1 Å². The largest absolute Gasteiger partial charge is 0.387 e. The van der Waals surface area contributed by atoms with Crippen LogP contribution >= 0.6 is 0 Å². The van der Waals surface area contributed by atoms with E-state index in [4.69, 9.17) is 0 Å². The van der Waals surface area contributed by atoms with E-state index in [1.807, 2.05) is 11.8 Å². The van der Waals surface area contributed by atoms with Gasteiger partial charge in [-0.1, -0.05) is 26.2 Å². The highest BCUT2D eigenvalue weighted by molar-refractivity contribution is 5.78. The number of likely N-dealkylation sites (tertiary alicyclic amines) is 1. The van der Waals surface area contributed by atoms with Crippen molar-refractivity contribution in [1.29, 1.82) is 0 Å². The van der Waals surface area contributed by atoms with Crippen molar-refractivity contribution in [2.45, 2.75) is 57.1 Å². The summed E-state index contributed by atoms with van der Waals surface area (Å²) in [7, 11) is 0. The molecule has 0 unspecified atom stereocenters. The second-order valence-corrected chi connectivity index (χ2v) is 5.63. The van der Waals surface area contributed by atoms with E-state index in [0.29, 0.717) is 25.7 Å². The first kappa shape index (κ1) is 12.8. The fourth-order valence-electron chi connectivity index (χ4n) is 2.84. The molecule has 1 amide bonds. The minimum atomic E-state index is -0.537. The third kappa shape index (κ3) is 3.42. The van der Waals surface area contributed by atoms with Crippen molar-refractivity contribution in [2.75, 3.05) is 19.6 Å². The predicted molar refractivity (Wildman–Crippen MR) is 66.7 cm³/mol. The maximum atomic E-state index is 11.8. The Bertz CT molecular complexity index is 269. The van der Waals surface area contributed by atoms with Crippen LogP contribution in [0.3, 0.4) is 0 Å². The zero-order valence-electron chi connectivity index (χ0n) is 10.7. The standard InChI is InChI=1S/C13H24N2O2/c1-2-13(17)9-15(10-13)8-12(16)14-11-6-4-3-5-7-11/h11,17H,2-10H2,1H3,(H,14,16). The number of rotatable bonds is 4. The highest BCUT2D eigenvalue weighted by atomic mass is 16.3. The predicted octanol–water partition coefficient (Wildman–Crippen LogP) is 0.892. The molecule has 0 aromatic carbocycles. The zero-order chi connectivity index (χ0) is 12.3. The number of aliphatic hydroxyl groups is 1. The molecule has 98 valence electrons. The van der Waals surface area contributed by atoms with E-state index >= 15 is 0 Å². The molecule has 4 heteroatoms. The molecule has 2 fully saturated rings. The molecule has 1 saturated heterocycles. The minimum Gasteiger partial charge on any atom is -0.387 e. The van der Waals surface area contributed by atoms with Crippen LogP contribution in [0.5, 0.6) is 0 Å². The Morgan fingerprint density at radius 1 is 1.35 bits per heavy atom. The van der Waals surface area contributed by atoms with Gasteiger partial charge in [-0.15, -0.1) is 0 Å². The van der Waals surface area contributed by atoms with Crippen molar-refractivity contribution in [2.24, 2.45) is 0 Å². The lowest BCUT2D eigenvalue weighted by atomic mass is 9.91. The molecule has 17 heavy (non-hydrogen) atoms. The molecule has 0 bridgehead atoms. The molecule has 1 aliphatic heterocycles. The van der Waals surface area contributed by atoms with Gasteiger partial charge in [0.2, 0.25) is 5.91 Å². The fourth-order valence-corrected chi connectivity index (χ4v) is 2.84. The Morgan fingerprint density at radius 3 is 2.59 bits per heavy atom. The fraction of sp³-hybridized carbons (Fsp3) is 0.923. The van der Waals surface area contributed by atoms with Crippen LogP contribution in [0.25, 0.3) is 0 Å². The average Bonchev–Trinajstić information content (AvgIpc) is 2.28. The molecule has 2 rings (SSSR count). The Morgan fingerprint density at radius 2 is 2.00 bits per heavy atom. The molecule has 0 atom stereocenters. The first-order chi connectivity index (χ1) is 8.11. The summed E-state index contributed by atoms with van der Waals surface area (Å²) in [5.41, 5.74) is -0.537. The Balaban J connectivity index is 1.65. The second kappa shape index (κ2) is 5.36. The van der Waals surface area contributed by atoms with Crippen LogP contribution in [0.15, 0.2) is 0 Å². The highest BCUT2D eigenvalue weighted by Gasteiger charge is 2.39. The molecule has 0 spiro atoms. The van der Waals surface area contributed by atoms with Crippen molar-refractivity contribution in [3.05, 3.63) is 0 Å². The van der Waals surface area contributed by atoms with Gasteiger partial charge in [0.25, 0.3) is 0 Å². The summed E-state index contributed by atoms with van der Waals surface area (Å²) in [5, 5.41) is 13.0. The third-order valence-corrected chi connectivity index (χ3v) is 4.03. The van der Waals surface area contributed by atoms with Crippen LogP contribution in [0.1, 0.15) is 45.4 Å². The van der Waals surface area contributed by atoms with Gasteiger partial charge in [0.05, 0.1) is 12.1 Å². The molecule has 2 aliphatic rings. The van der Waals surface area contributed by atoms with Crippen molar-refractivity contribution in [1.82, 2.24) is 10.2 Å². The molecule has 1 aliphatic carbocycles. The summed E-state index contributed by atoms with van der Waals surface area (Å²) in [6, 6.07) is 0.391. The van der Waals surface area contributed by atoms with Crippen molar-refractivity contribution >= 4 is 5.91 Å². The van der Waals surface area contributed by atoms with Crippen LogP contribution in [0.4, 0.5) is 0 Å². The van der Waals surface area contributed by atoms with Crippen molar-refractivity contribution in [3.63, 3.8) is 0 Å². The normalized spacial score (nSPS) is 25.3. The summed E-state index contributed by atoms with van der Waals surface area (Å²) in [4.78, 5) is 13.8. The zero-order valence-corrected chi connectivity index (χ0v) is 10.7. The van der Waals surface area contributed by atoms with E-state index in [1.165, 1.54) is 19.3 Å². The molecule has 0 aromatic rings. The maximum absolute atomic E-state index is 11.8. The lowest BCUT2D eigenvalue weighted by molar-refractivity contribution is -0.133. The summed E-state index contributed by atoms with van der Waals surface area (Å²) >= 11 is 0. The monoisotopic (exact) mass is 240 g/mol. The quantitative estimate of drug-likeness (QED) is 0.767. The third-order valence-electron chi connectivity index (χ3n) is 4.03. The van der Waals surface area contributed by atoms with E-state index in [1.54, 1.807) is 0 Å². The van der Waals surface area contributed by atoms with Gasteiger partial charge in [-0.2, -0.15) is 0 Å². The van der Waals surface area contributed by atoms with Crippen molar-refractivity contribution < 1.29 is 9.90 Å². The number of hydrogen-bond donors (Lipinski definition) is 2. The molecular formula is C13H24N2O2. The molecule has 1 saturated carbocycles. The molecule has 4 nitrogen and oxygen atoms in total. The van der Waals surface area contributed by atoms with Crippen LogP contribution in [-0.2, 0) is 4.79 Å². The number of carbonyl (C=O) groups excluding carboxylic acids is 1. The second-order valence-electron chi connectivity index (χ2n) is 5.63. The number of nitrogens with one attached hydrogen (secondary N) is 1. The van der Waals surface area contributed by atoms with E-state index in [9.17, 15) is 9.90 Å². The van der Waals surface area contributed by atoms with E-state index in [0.717, 1.165) is 19.3 Å². The summed E-state index contributed by atoms with van der Waals surface area (Å²) in [6.45, 7) is 3.71. The van der Waals surface area contributed by atoms with Crippen LogP contribution in [0.2, 0.25) is 0 Å². The Kier molecular flexibility index (Phi) is 4.05. The van der Waals surface area contributed by atoms with E-state index < -0.39 is 5.60 Å². The first-order valence-electron chi connectivity index (χ1n) is 6.85. The van der Waals surface area contributed by atoms with Crippen molar-refractivity contribution in [3.8, 4) is 0 Å². The Labute approximate surface area is 103 Å². The van der Waals surface area contributed by atoms with Gasteiger partial charge in [-0.25, -0.2) is 0 Å². The number of hydrogen-bond acceptors (Lipinski definition) is 3. The van der Waals surface area contributed by atoms with Crippen LogP contribution < -0.4 is 5.32 Å². The minimum absolute atomic E-state index is 0.120. The van der Waals surface area contributed by atoms with Crippen LogP contribution in [-0.4, -0.2) is 47.2 Å². The van der Waals surface area contributed by atoms with Gasteiger partial charge in [0.1, 0.15) is 0 Å². The number of amides is 1. The average molecular weight is 240 g/mol. The maximum Gasteiger partial charge on any atom is 0.234 e. The lowest BCUT2D eigenvalue weighted by Crippen LogP contribution is -2.63. The summed E-state index contributed by atoms with van der Waals surface area (Å²) < 4.78 is 0. The lowest BCUT2D eigenvalue weighted by Gasteiger charge is -2.45. The first-order valence-corrected chi connectivity index (χ1v) is 6.85. The van der Waals surface area contributed by atoms with E-state index in [2.05, 4.69) is 5.32 Å². The van der Waals surface area contributed by atoms with Gasteiger partial charge in [0.15, 0.2) is 0 Å². The van der Waals surface area contributed by atoms with E-state index in [-0.39, 0.29) is 5.91 Å². The van der Waals surface area contributed by atoms with Gasteiger partial charge in [-0.3, -0.25) is 9.69 Å². The molecule has 1 heterocycles. The number of nitrogens with zero attached hydrogens (tertiary/aromatic N) is 1. The highest BCUT2D eigenvalue weighted by Crippen LogP contribution is 2.23. The number of carbonyl (C=O) groups is 1. The van der Waals surface area contributed by atoms with Gasteiger partial charge >= 0.3 is 0 Å². The molecular weight excluding hydrogens is 216 g/mol. The smallest absolute Gasteiger partial charge is 0.234 e. The molecule has 0 radical (unpaired) electrons. The SMILES string of the molecule is CCC1(O)CN(CC(=O)NC2CCCCC2)C1. The molecule has 0 aromatic heterocycles. The molecule has 2 N–H and O–H groups in total. The number of β-amino-alcohol motifs (C(OH)–C–C–N with tert-alkyl or cyclic N) is 1. The van der Waals surface area contributed by atoms with Gasteiger partial charge < -0.3 is 10.4 Å². The Hall–Kier alpha value is -0.610. The van der Waals surface area contributed by atoms with Gasteiger partial charge in [-0.05, 0) is 19.3 Å². The van der Waals surface area contributed by atoms with Crippen LogP contribution in [0, 0.1) is 0 Å².